The van der Waals surface area contributed by atoms with Crippen LogP contribution in [0, 0.1) is 0 Å². The van der Waals surface area contributed by atoms with Gasteiger partial charge < -0.3 is 10.0 Å². The number of hydrogen-bond acceptors (Lipinski definition) is 3. The van der Waals surface area contributed by atoms with Crippen LogP contribution in [0.25, 0.3) is 0 Å². The first kappa shape index (κ1) is 14.4. The van der Waals surface area contributed by atoms with Crippen LogP contribution in [0.15, 0.2) is 0 Å². The van der Waals surface area contributed by atoms with E-state index in [0.717, 1.165) is 19.5 Å². The van der Waals surface area contributed by atoms with Gasteiger partial charge in [-0.1, -0.05) is 25.7 Å². The van der Waals surface area contributed by atoms with Gasteiger partial charge >= 0.3 is 0 Å². The highest BCUT2D eigenvalue weighted by atomic mass is 79.9. The molecule has 1 fully saturated rings. The van der Waals surface area contributed by atoms with Gasteiger partial charge in [-0.3, -0.25) is 0 Å². The Labute approximate surface area is 108 Å². The lowest BCUT2D eigenvalue weighted by Crippen LogP contribution is -2.42. The van der Waals surface area contributed by atoms with E-state index < -0.39 is 0 Å². The third kappa shape index (κ3) is 6.84. The first-order valence-electron chi connectivity index (χ1n) is 6.57. The Morgan fingerprint density at radius 1 is 0.812 bits per heavy atom. The molecule has 0 saturated carbocycles. The first-order valence-corrected chi connectivity index (χ1v) is 7.28. The molecule has 4 heteroatoms. The lowest BCUT2D eigenvalue weighted by Gasteiger charge is -2.30. The molecule has 96 valence electrons. The molecule has 0 bridgehead atoms. The van der Waals surface area contributed by atoms with E-state index in [0.29, 0.717) is 6.61 Å². The molecule has 3 nitrogen and oxygen atoms in total. The predicted molar refractivity (Wildman–Crippen MR) is 71.7 cm³/mol. The van der Waals surface area contributed by atoms with E-state index in [9.17, 15) is 0 Å². The average Bonchev–Trinajstić information content (AvgIpc) is 2.30. The van der Waals surface area contributed by atoms with Gasteiger partial charge in [0, 0.05) is 48.9 Å². The van der Waals surface area contributed by atoms with Crippen molar-refractivity contribution in [2.45, 2.75) is 38.5 Å². The maximum atomic E-state index is 8.65. The molecule has 1 heterocycles. The van der Waals surface area contributed by atoms with Crippen LogP contribution in [0.5, 0.6) is 0 Å². The fourth-order valence-electron chi connectivity index (χ4n) is 2.10. The molecule has 0 amide bonds. The van der Waals surface area contributed by atoms with E-state index in [1.165, 1.54) is 51.7 Å². The second-order valence-electron chi connectivity index (χ2n) is 4.60. The summed E-state index contributed by atoms with van der Waals surface area (Å²) in [5.41, 5.74) is 0. The molecule has 0 aromatic heterocycles. The second-order valence-corrected chi connectivity index (χ2v) is 5.60. The molecular formula is C12H25BrN2O. The van der Waals surface area contributed by atoms with Gasteiger partial charge in [0.05, 0.1) is 0 Å². The maximum Gasteiger partial charge on any atom is 0.0431 e. The van der Waals surface area contributed by atoms with E-state index in [4.69, 9.17) is 5.11 Å². The second kappa shape index (κ2) is 9.40. The zero-order valence-electron chi connectivity index (χ0n) is 10.2. The Morgan fingerprint density at radius 3 is 2.00 bits per heavy atom. The number of unbranched alkanes of at least 4 members (excludes halogenated alkanes) is 5. The smallest absolute Gasteiger partial charge is 0.0431 e. The van der Waals surface area contributed by atoms with Crippen molar-refractivity contribution in [3.8, 4) is 0 Å². The van der Waals surface area contributed by atoms with Crippen LogP contribution in [0.4, 0.5) is 0 Å². The van der Waals surface area contributed by atoms with Crippen LogP contribution >= 0.6 is 16.1 Å². The monoisotopic (exact) mass is 292 g/mol. The van der Waals surface area contributed by atoms with Crippen molar-refractivity contribution in [1.29, 1.82) is 0 Å². The summed E-state index contributed by atoms with van der Waals surface area (Å²) in [6.45, 7) is 6.33. The highest BCUT2D eigenvalue weighted by Crippen LogP contribution is 2.09. The number of nitrogens with zero attached hydrogens (tertiary/aromatic N) is 2. The molecule has 1 rings (SSSR count). The largest absolute Gasteiger partial charge is 0.396 e. The summed E-state index contributed by atoms with van der Waals surface area (Å²) < 4.78 is 2.22. The van der Waals surface area contributed by atoms with Gasteiger partial charge in [0.25, 0.3) is 0 Å². The number of aliphatic hydroxyl groups is 1. The zero-order chi connectivity index (χ0) is 11.6. The molecule has 1 saturated heterocycles. The van der Waals surface area contributed by atoms with Crippen LogP contribution in [0.2, 0.25) is 0 Å². The number of piperazine rings is 1. The summed E-state index contributed by atoms with van der Waals surface area (Å²) in [5, 5.41) is 8.65. The Balaban J connectivity index is 1.84. The summed E-state index contributed by atoms with van der Waals surface area (Å²) in [4.78, 5) is 2.56. The van der Waals surface area contributed by atoms with E-state index >= 15 is 0 Å². The van der Waals surface area contributed by atoms with Crippen molar-refractivity contribution in [2.75, 3.05) is 39.3 Å². The Bertz CT molecular complexity index is 161. The van der Waals surface area contributed by atoms with Crippen LogP contribution in [-0.4, -0.2) is 53.3 Å². The summed E-state index contributed by atoms with van der Waals surface area (Å²) in [6, 6.07) is 0. The van der Waals surface area contributed by atoms with E-state index in [1.54, 1.807) is 0 Å². The molecule has 1 aliphatic rings. The molecule has 16 heavy (non-hydrogen) atoms. The predicted octanol–water partition coefficient (Wildman–Crippen LogP) is 2.25. The third-order valence-electron chi connectivity index (χ3n) is 3.20. The lowest BCUT2D eigenvalue weighted by atomic mass is 10.1. The lowest BCUT2D eigenvalue weighted by molar-refractivity contribution is 0.197. The molecule has 0 aromatic rings. The minimum Gasteiger partial charge on any atom is -0.396 e. The zero-order valence-corrected chi connectivity index (χ0v) is 11.8. The minimum atomic E-state index is 0.358. The summed E-state index contributed by atoms with van der Waals surface area (Å²) in [7, 11) is 0. The van der Waals surface area contributed by atoms with Gasteiger partial charge in [-0.05, 0) is 19.4 Å². The van der Waals surface area contributed by atoms with Gasteiger partial charge in [-0.25, -0.2) is 3.93 Å². The van der Waals surface area contributed by atoms with Crippen LogP contribution in [0.1, 0.15) is 38.5 Å². The minimum absolute atomic E-state index is 0.358. The Morgan fingerprint density at radius 2 is 1.38 bits per heavy atom. The quantitative estimate of drug-likeness (QED) is 0.549. The van der Waals surface area contributed by atoms with E-state index in [1.807, 2.05) is 0 Å². The summed E-state index contributed by atoms with van der Waals surface area (Å²) in [5.74, 6) is 0. The number of halogens is 1. The van der Waals surface area contributed by atoms with Gasteiger partial charge in [0.2, 0.25) is 0 Å². The van der Waals surface area contributed by atoms with E-state index in [-0.39, 0.29) is 0 Å². The summed E-state index contributed by atoms with van der Waals surface area (Å²) >= 11 is 3.52. The maximum absolute atomic E-state index is 8.65. The normalized spacial score (nSPS) is 19.1. The standard InChI is InChI=1S/C12H25BrN2O/c13-15-10-8-14(9-11-15)7-5-3-1-2-4-6-12-16/h16H,1-12H2. The van der Waals surface area contributed by atoms with Crippen LogP contribution < -0.4 is 0 Å². The van der Waals surface area contributed by atoms with Gasteiger partial charge in [0.15, 0.2) is 0 Å². The van der Waals surface area contributed by atoms with Crippen molar-refractivity contribution >= 4 is 16.1 Å². The van der Waals surface area contributed by atoms with Crippen molar-refractivity contribution in [1.82, 2.24) is 8.83 Å². The molecular weight excluding hydrogens is 268 g/mol. The SMILES string of the molecule is OCCCCCCCCN1CCN(Br)CC1. The van der Waals surface area contributed by atoms with E-state index in [2.05, 4.69) is 25.0 Å². The topological polar surface area (TPSA) is 26.7 Å². The van der Waals surface area contributed by atoms with Crippen LogP contribution in [-0.2, 0) is 0 Å². The molecule has 0 aromatic carbocycles. The van der Waals surface area contributed by atoms with Gasteiger partial charge in [-0.2, -0.15) is 0 Å². The van der Waals surface area contributed by atoms with Gasteiger partial charge in [0.1, 0.15) is 0 Å². The van der Waals surface area contributed by atoms with Crippen molar-refractivity contribution < 1.29 is 5.11 Å². The van der Waals surface area contributed by atoms with Crippen molar-refractivity contribution in [3.63, 3.8) is 0 Å². The third-order valence-corrected chi connectivity index (χ3v) is 3.91. The molecule has 0 unspecified atom stereocenters. The molecule has 0 radical (unpaired) electrons. The Kier molecular flexibility index (Phi) is 8.47. The molecule has 1 aliphatic heterocycles. The average molecular weight is 293 g/mol. The van der Waals surface area contributed by atoms with Crippen LogP contribution in [0.3, 0.4) is 0 Å². The molecule has 1 N–H and O–H groups in total. The number of aliphatic hydroxyl groups excluding tert-OH is 1. The molecule has 0 spiro atoms. The number of rotatable bonds is 8. The molecule has 0 aliphatic carbocycles. The Hall–Kier alpha value is 0.360. The van der Waals surface area contributed by atoms with Crippen molar-refractivity contribution in [2.24, 2.45) is 0 Å². The fraction of sp³-hybridized carbons (Fsp3) is 1.00. The highest BCUT2D eigenvalue weighted by molar-refractivity contribution is 9.07. The number of hydrogen-bond donors (Lipinski definition) is 1. The fourth-order valence-corrected chi connectivity index (χ4v) is 2.42. The molecule has 0 atom stereocenters. The highest BCUT2D eigenvalue weighted by Gasteiger charge is 2.13. The first-order chi connectivity index (χ1) is 7.83. The van der Waals surface area contributed by atoms with Gasteiger partial charge in [-0.15, -0.1) is 0 Å². The van der Waals surface area contributed by atoms with Crippen molar-refractivity contribution in [3.05, 3.63) is 0 Å². The summed E-state index contributed by atoms with van der Waals surface area (Å²) in [6.07, 6.45) is 7.47.